The van der Waals surface area contributed by atoms with Crippen LogP contribution < -0.4 is 5.73 Å². The summed E-state index contributed by atoms with van der Waals surface area (Å²) in [5.41, 5.74) is 5.80. The Kier molecular flexibility index (Phi) is 4.09. The van der Waals surface area contributed by atoms with Crippen molar-refractivity contribution in [1.82, 2.24) is 9.97 Å². The zero-order valence-corrected chi connectivity index (χ0v) is 12.4. The quantitative estimate of drug-likeness (QED) is 0.674. The second-order valence-corrected chi connectivity index (χ2v) is 6.55. The van der Waals surface area contributed by atoms with Gasteiger partial charge in [0, 0.05) is 12.9 Å². The number of thiophene rings is 1. The van der Waals surface area contributed by atoms with E-state index in [-0.39, 0.29) is 5.60 Å². The smallest absolute Gasteiger partial charge is 0.190 e. The molecule has 0 aromatic carbocycles. The lowest BCUT2D eigenvalue weighted by atomic mass is 10.1. The van der Waals surface area contributed by atoms with Crippen LogP contribution in [0.2, 0.25) is 0 Å². The second kappa shape index (κ2) is 5.42. The van der Waals surface area contributed by atoms with Crippen LogP contribution in [0.5, 0.6) is 0 Å². The molecule has 2 N–H and O–H groups in total. The van der Waals surface area contributed by atoms with Crippen LogP contribution in [-0.2, 0) is 4.74 Å². The van der Waals surface area contributed by atoms with Gasteiger partial charge in [0.2, 0.25) is 0 Å². The number of nitrogen functional groups attached to an aromatic ring is 1. The molecule has 6 heteroatoms. The van der Waals surface area contributed by atoms with Gasteiger partial charge in [0.25, 0.3) is 0 Å². The number of nitrogens with two attached hydrogens (primary N) is 1. The Balaban J connectivity index is 2.04. The minimum absolute atomic E-state index is 0.106. The molecule has 0 aliphatic heterocycles. The highest BCUT2D eigenvalue weighted by atomic mass is 32.2. The van der Waals surface area contributed by atoms with Gasteiger partial charge < -0.3 is 10.5 Å². The van der Waals surface area contributed by atoms with Gasteiger partial charge in [-0.1, -0.05) is 11.8 Å². The number of rotatable bonds is 5. The number of ether oxygens (including phenoxy) is 1. The Morgan fingerprint density at radius 1 is 1.44 bits per heavy atom. The molecule has 0 aliphatic carbocycles. The molecule has 0 bridgehead atoms. The molecule has 2 heterocycles. The van der Waals surface area contributed by atoms with Gasteiger partial charge in [-0.15, -0.1) is 11.3 Å². The normalized spacial score (nSPS) is 12.2. The van der Waals surface area contributed by atoms with Crippen LogP contribution in [0.25, 0.3) is 10.2 Å². The van der Waals surface area contributed by atoms with E-state index in [1.165, 1.54) is 0 Å². The minimum atomic E-state index is -0.106. The lowest BCUT2D eigenvalue weighted by Crippen LogP contribution is -2.23. The monoisotopic (exact) mass is 283 g/mol. The Morgan fingerprint density at radius 2 is 2.22 bits per heavy atom. The van der Waals surface area contributed by atoms with Crippen LogP contribution in [0.15, 0.2) is 16.6 Å². The van der Waals surface area contributed by atoms with E-state index in [0.717, 1.165) is 27.5 Å². The fourth-order valence-corrected chi connectivity index (χ4v) is 3.34. The summed E-state index contributed by atoms with van der Waals surface area (Å²) in [7, 11) is 1.73. The number of hydrogen-bond donors (Lipinski definition) is 1. The number of aromatic nitrogens is 2. The predicted octanol–water partition coefficient (Wildman–Crippen LogP) is 3.18. The van der Waals surface area contributed by atoms with E-state index < -0.39 is 0 Å². The van der Waals surface area contributed by atoms with Gasteiger partial charge in [0.1, 0.15) is 10.6 Å². The summed E-state index contributed by atoms with van der Waals surface area (Å²) in [5.74, 6) is 1.48. The number of anilines is 1. The van der Waals surface area contributed by atoms with Crippen molar-refractivity contribution in [2.24, 2.45) is 0 Å². The van der Waals surface area contributed by atoms with Crippen LogP contribution in [0.1, 0.15) is 20.3 Å². The van der Waals surface area contributed by atoms with Crippen molar-refractivity contribution in [2.45, 2.75) is 31.0 Å². The number of methoxy groups -OCH3 is 1. The first-order chi connectivity index (χ1) is 8.52. The van der Waals surface area contributed by atoms with Gasteiger partial charge in [-0.25, -0.2) is 9.97 Å². The molecule has 0 saturated heterocycles. The minimum Gasteiger partial charge on any atom is -0.383 e. The van der Waals surface area contributed by atoms with Gasteiger partial charge in [0.05, 0.1) is 11.0 Å². The molecule has 0 spiro atoms. The van der Waals surface area contributed by atoms with Crippen LogP contribution >= 0.6 is 23.1 Å². The maximum atomic E-state index is 5.90. The fraction of sp³-hybridized carbons (Fsp3) is 0.500. The van der Waals surface area contributed by atoms with E-state index in [2.05, 4.69) is 23.8 Å². The summed E-state index contributed by atoms with van der Waals surface area (Å²) in [6.45, 7) is 4.15. The van der Waals surface area contributed by atoms with Crippen LogP contribution in [0.3, 0.4) is 0 Å². The Bertz CT molecular complexity index is 539. The van der Waals surface area contributed by atoms with Gasteiger partial charge in [-0.05, 0) is 31.7 Å². The zero-order valence-electron chi connectivity index (χ0n) is 10.8. The SMILES string of the molecule is COC(C)(C)CCSc1nc(N)c2ccsc2n1. The largest absolute Gasteiger partial charge is 0.383 e. The summed E-state index contributed by atoms with van der Waals surface area (Å²) < 4.78 is 5.38. The van der Waals surface area contributed by atoms with Crippen molar-refractivity contribution in [1.29, 1.82) is 0 Å². The van der Waals surface area contributed by atoms with Crippen LogP contribution in [0, 0.1) is 0 Å². The van der Waals surface area contributed by atoms with E-state index in [1.807, 2.05) is 11.4 Å². The lowest BCUT2D eigenvalue weighted by molar-refractivity contribution is 0.0206. The molecule has 98 valence electrons. The number of thioether (sulfide) groups is 1. The summed E-state index contributed by atoms with van der Waals surface area (Å²) in [6.07, 6.45) is 0.944. The molecule has 2 aromatic rings. The van der Waals surface area contributed by atoms with E-state index in [4.69, 9.17) is 10.5 Å². The van der Waals surface area contributed by atoms with Crippen molar-refractivity contribution in [2.75, 3.05) is 18.6 Å². The number of fused-ring (bicyclic) bond motifs is 1. The first-order valence-corrected chi connectivity index (χ1v) is 7.57. The highest BCUT2D eigenvalue weighted by Crippen LogP contribution is 2.27. The predicted molar refractivity (Wildman–Crippen MR) is 78.3 cm³/mol. The van der Waals surface area contributed by atoms with Crippen molar-refractivity contribution in [3.8, 4) is 0 Å². The van der Waals surface area contributed by atoms with Gasteiger partial charge in [0.15, 0.2) is 5.16 Å². The standard InChI is InChI=1S/C12H17N3OS2/c1-12(2,16-3)5-7-18-11-14-9(13)8-4-6-17-10(8)15-11/h4,6H,5,7H2,1-3H3,(H2,13,14,15). The maximum absolute atomic E-state index is 5.90. The molecule has 0 fully saturated rings. The highest BCUT2D eigenvalue weighted by Gasteiger charge is 2.16. The molecule has 0 amide bonds. The van der Waals surface area contributed by atoms with Gasteiger partial charge >= 0.3 is 0 Å². The van der Waals surface area contributed by atoms with Crippen molar-refractivity contribution >= 4 is 39.1 Å². The Morgan fingerprint density at radius 3 is 2.94 bits per heavy atom. The maximum Gasteiger partial charge on any atom is 0.190 e. The van der Waals surface area contributed by atoms with Gasteiger partial charge in [-0.2, -0.15) is 0 Å². The molecule has 0 unspecified atom stereocenters. The van der Waals surface area contributed by atoms with Crippen molar-refractivity contribution < 1.29 is 4.74 Å². The third-order valence-corrected chi connectivity index (χ3v) is 4.48. The number of hydrogen-bond acceptors (Lipinski definition) is 6. The van der Waals surface area contributed by atoms with E-state index >= 15 is 0 Å². The Labute approximate surface area is 115 Å². The molecular weight excluding hydrogens is 266 g/mol. The molecule has 0 saturated carbocycles. The van der Waals surface area contributed by atoms with Crippen LogP contribution in [0.4, 0.5) is 5.82 Å². The second-order valence-electron chi connectivity index (χ2n) is 4.59. The van der Waals surface area contributed by atoms with Crippen LogP contribution in [-0.4, -0.2) is 28.4 Å². The molecule has 2 rings (SSSR count). The molecule has 0 atom stereocenters. The summed E-state index contributed by atoms with van der Waals surface area (Å²) >= 11 is 3.21. The van der Waals surface area contributed by atoms with E-state index in [1.54, 1.807) is 30.2 Å². The Hall–Kier alpha value is -0.850. The molecule has 4 nitrogen and oxygen atoms in total. The number of nitrogens with zero attached hydrogens (tertiary/aromatic N) is 2. The average molecular weight is 283 g/mol. The third kappa shape index (κ3) is 3.13. The fourth-order valence-electron chi connectivity index (χ4n) is 1.41. The van der Waals surface area contributed by atoms with E-state index in [9.17, 15) is 0 Å². The summed E-state index contributed by atoms with van der Waals surface area (Å²) in [6, 6.07) is 1.96. The summed E-state index contributed by atoms with van der Waals surface area (Å²) in [5, 5.41) is 3.67. The first-order valence-electron chi connectivity index (χ1n) is 5.70. The van der Waals surface area contributed by atoms with Crippen molar-refractivity contribution in [3.05, 3.63) is 11.4 Å². The molecule has 2 aromatic heterocycles. The van der Waals surface area contributed by atoms with Gasteiger partial charge in [-0.3, -0.25) is 0 Å². The van der Waals surface area contributed by atoms with E-state index in [0.29, 0.717) is 5.82 Å². The molecule has 0 aliphatic rings. The van der Waals surface area contributed by atoms with Crippen molar-refractivity contribution in [3.63, 3.8) is 0 Å². The first kappa shape index (κ1) is 13.6. The topological polar surface area (TPSA) is 61.0 Å². The average Bonchev–Trinajstić information content (AvgIpc) is 2.77. The third-order valence-electron chi connectivity index (χ3n) is 2.82. The summed E-state index contributed by atoms with van der Waals surface area (Å²) in [4.78, 5) is 9.76. The highest BCUT2D eigenvalue weighted by molar-refractivity contribution is 7.99. The molecule has 18 heavy (non-hydrogen) atoms. The lowest BCUT2D eigenvalue weighted by Gasteiger charge is -2.22. The molecular formula is C12H17N3OS2. The zero-order chi connectivity index (χ0) is 13.2. The molecule has 0 radical (unpaired) electrons.